The van der Waals surface area contributed by atoms with E-state index in [4.69, 9.17) is 9.05 Å². The molecule has 0 aromatic heterocycles. The minimum absolute atomic E-state index is 0.575. The summed E-state index contributed by atoms with van der Waals surface area (Å²) >= 11 is 0. The lowest BCUT2D eigenvalue weighted by Gasteiger charge is -2.09. The zero-order chi connectivity index (χ0) is 15.8. The molecule has 22 heavy (non-hydrogen) atoms. The van der Waals surface area contributed by atoms with Crippen molar-refractivity contribution in [3.8, 4) is 11.5 Å². The number of rotatable bonds is 8. The van der Waals surface area contributed by atoms with Crippen molar-refractivity contribution in [3.63, 3.8) is 0 Å². The fraction of sp³-hybridized carbons (Fsp3) is 0.333. The van der Waals surface area contributed by atoms with Crippen LogP contribution in [0.3, 0.4) is 0 Å². The van der Waals surface area contributed by atoms with Crippen molar-refractivity contribution in [3.05, 3.63) is 59.7 Å². The van der Waals surface area contributed by atoms with Crippen LogP contribution >= 0.6 is 8.25 Å². The molecule has 0 spiro atoms. The normalized spacial score (nSPS) is 10.7. The van der Waals surface area contributed by atoms with E-state index in [-0.39, 0.29) is 0 Å². The van der Waals surface area contributed by atoms with Crippen LogP contribution in [-0.2, 0) is 17.4 Å². The highest BCUT2D eigenvalue weighted by Gasteiger charge is 2.04. The van der Waals surface area contributed by atoms with Crippen molar-refractivity contribution in [1.82, 2.24) is 0 Å². The molecule has 0 heterocycles. The largest absolute Gasteiger partial charge is 0.418 e. The van der Waals surface area contributed by atoms with E-state index in [1.807, 2.05) is 48.5 Å². The summed E-state index contributed by atoms with van der Waals surface area (Å²) < 4.78 is 22.7. The summed E-state index contributed by atoms with van der Waals surface area (Å²) in [5.74, 6) is 1.15. The van der Waals surface area contributed by atoms with Gasteiger partial charge in [0.25, 0.3) is 0 Å². The zero-order valence-corrected chi connectivity index (χ0v) is 14.2. The maximum Gasteiger partial charge on any atom is 0.418 e. The van der Waals surface area contributed by atoms with Crippen molar-refractivity contribution in [2.24, 2.45) is 0 Å². The quantitative estimate of drug-likeness (QED) is 0.608. The summed E-state index contributed by atoms with van der Waals surface area (Å²) in [6, 6.07) is 15.3. The Morgan fingerprint density at radius 3 is 1.41 bits per heavy atom. The third-order valence-electron chi connectivity index (χ3n) is 3.33. The highest BCUT2D eigenvalue weighted by atomic mass is 31.1. The third-order valence-corrected chi connectivity index (χ3v) is 4.13. The molecule has 0 saturated heterocycles. The Hall–Kier alpha value is -1.73. The molecule has 0 bridgehead atoms. The fourth-order valence-corrected chi connectivity index (χ4v) is 2.94. The summed E-state index contributed by atoms with van der Waals surface area (Å²) in [6.45, 7) is 4.28. The molecule has 0 fully saturated rings. The lowest BCUT2D eigenvalue weighted by molar-refractivity contribution is 0.415. The maximum atomic E-state index is 11.9. The highest BCUT2D eigenvalue weighted by molar-refractivity contribution is 7.34. The van der Waals surface area contributed by atoms with Gasteiger partial charge in [0.1, 0.15) is 11.5 Å². The Morgan fingerprint density at radius 2 is 1.09 bits per heavy atom. The summed E-state index contributed by atoms with van der Waals surface area (Å²) in [7, 11) is -2.59. The molecule has 2 aromatic rings. The SMILES string of the molecule is CCCc1ccc(O[PH](=O)Oc2ccc(CCC)cc2)cc1. The number of benzene rings is 2. The Morgan fingerprint density at radius 1 is 0.727 bits per heavy atom. The standard InChI is InChI=1S/C18H23O3P/c1-3-5-15-7-11-17(12-8-15)20-22(19)21-18-13-9-16(6-4-2)10-14-18/h7-14,22H,3-6H2,1-2H3. The maximum absolute atomic E-state index is 11.9. The zero-order valence-electron chi connectivity index (χ0n) is 13.2. The van der Waals surface area contributed by atoms with Gasteiger partial charge >= 0.3 is 8.25 Å². The molecule has 0 amide bonds. The lowest BCUT2D eigenvalue weighted by atomic mass is 10.1. The molecule has 2 aromatic carbocycles. The first-order valence-corrected chi connectivity index (χ1v) is 9.01. The lowest BCUT2D eigenvalue weighted by Crippen LogP contribution is -1.90. The first kappa shape index (κ1) is 16.6. The van der Waals surface area contributed by atoms with Crippen LogP contribution in [0.25, 0.3) is 0 Å². The van der Waals surface area contributed by atoms with Crippen LogP contribution in [0, 0.1) is 0 Å². The Bertz CT molecular complexity index is 537. The van der Waals surface area contributed by atoms with Gasteiger partial charge in [-0.05, 0) is 48.2 Å². The monoisotopic (exact) mass is 318 g/mol. The van der Waals surface area contributed by atoms with Crippen LogP contribution in [-0.4, -0.2) is 0 Å². The van der Waals surface area contributed by atoms with Gasteiger partial charge in [0.15, 0.2) is 0 Å². The molecular formula is C18H23O3P. The van der Waals surface area contributed by atoms with Crippen molar-refractivity contribution < 1.29 is 13.6 Å². The van der Waals surface area contributed by atoms with Gasteiger partial charge in [0.2, 0.25) is 0 Å². The summed E-state index contributed by atoms with van der Waals surface area (Å²) in [6.07, 6.45) is 4.29. The van der Waals surface area contributed by atoms with Crippen LogP contribution in [0.5, 0.6) is 11.5 Å². The average Bonchev–Trinajstić information content (AvgIpc) is 2.52. The van der Waals surface area contributed by atoms with Gasteiger partial charge in [-0.25, -0.2) is 4.57 Å². The Labute approximate surface area is 133 Å². The molecular weight excluding hydrogens is 295 g/mol. The second-order valence-electron chi connectivity index (χ2n) is 5.24. The molecule has 4 heteroatoms. The molecule has 118 valence electrons. The molecule has 0 N–H and O–H groups in total. The van der Waals surface area contributed by atoms with Gasteiger partial charge in [0, 0.05) is 0 Å². The van der Waals surface area contributed by atoms with E-state index < -0.39 is 8.25 Å². The molecule has 0 aliphatic carbocycles. The van der Waals surface area contributed by atoms with Crippen molar-refractivity contribution in [1.29, 1.82) is 0 Å². The Balaban J connectivity index is 1.89. The van der Waals surface area contributed by atoms with Crippen LogP contribution in [0.2, 0.25) is 0 Å². The summed E-state index contributed by atoms with van der Waals surface area (Å²) in [5.41, 5.74) is 2.50. The highest BCUT2D eigenvalue weighted by Crippen LogP contribution is 2.30. The molecule has 0 aliphatic heterocycles. The van der Waals surface area contributed by atoms with Crippen LogP contribution in [0.15, 0.2) is 48.5 Å². The third kappa shape index (κ3) is 5.23. The van der Waals surface area contributed by atoms with Gasteiger partial charge < -0.3 is 9.05 Å². The van der Waals surface area contributed by atoms with E-state index in [0.29, 0.717) is 11.5 Å². The van der Waals surface area contributed by atoms with Gasteiger partial charge in [-0.15, -0.1) is 0 Å². The number of aryl methyl sites for hydroxylation is 2. The molecule has 0 aliphatic rings. The van der Waals surface area contributed by atoms with E-state index in [1.165, 1.54) is 11.1 Å². The first-order chi connectivity index (χ1) is 10.7. The van der Waals surface area contributed by atoms with E-state index >= 15 is 0 Å². The number of hydrogen-bond donors (Lipinski definition) is 0. The molecule has 0 unspecified atom stereocenters. The number of hydrogen-bond acceptors (Lipinski definition) is 3. The molecule has 2 rings (SSSR count). The smallest absolute Gasteiger partial charge is 0.418 e. The van der Waals surface area contributed by atoms with Crippen molar-refractivity contribution in [2.75, 3.05) is 0 Å². The van der Waals surface area contributed by atoms with Crippen molar-refractivity contribution >= 4 is 8.25 Å². The average molecular weight is 318 g/mol. The van der Waals surface area contributed by atoms with Crippen molar-refractivity contribution in [2.45, 2.75) is 39.5 Å². The second-order valence-corrected chi connectivity index (χ2v) is 6.15. The van der Waals surface area contributed by atoms with Crippen LogP contribution in [0.4, 0.5) is 0 Å². The minimum Gasteiger partial charge on any atom is -0.418 e. The summed E-state index contributed by atoms with van der Waals surface area (Å²) in [5, 5.41) is 0. The minimum atomic E-state index is -2.59. The first-order valence-electron chi connectivity index (χ1n) is 7.78. The van der Waals surface area contributed by atoms with Gasteiger partial charge in [-0.2, -0.15) is 0 Å². The molecule has 0 atom stereocenters. The summed E-state index contributed by atoms with van der Waals surface area (Å²) in [4.78, 5) is 0. The van der Waals surface area contributed by atoms with Gasteiger partial charge in [-0.3, -0.25) is 0 Å². The van der Waals surface area contributed by atoms with Crippen LogP contribution in [0.1, 0.15) is 37.8 Å². The fourth-order valence-electron chi connectivity index (χ4n) is 2.24. The van der Waals surface area contributed by atoms with Gasteiger partial charge in [-0.1, -0.05) is 51.0 Å². The van der Waals surface area contributed by atoms with E-state index in [9.17, 15) is 4.57 Å². The second kappa shape index (κ2) is 8.65. The molecule has 0 saturated carbocycles. The van der Waals surface area contributed by atoms with E-state index in [2.05, 4.69) is 13.8 Å². The predicted octanol–water partition coefficient (Wildman–Crippen LogP) is 5.44. The van der Waals surface area contributed by atoms with E-state index in [1.54, 1.807) is 0 Å². The molecule has 0 radical (unpaired) electrons. The van der Waals surface area contributed by atoms with Gasteiger partial charge in [0.05, 0.1) is 0 Å². The topological polar surface area (TPSA) is 35.5 Å². The molecule has 3 nitrogen and oxygen atoms in total. The Kier molecular flexibility index (Phi) is 6.54. The predicted molar refractivity (Wildman–Crippen MR) is 91.1 cm³/mol. The van der Waals surface area contributed by atoms with Crippen LogP contribution < -0.4 is 9.05 Å². The van der Waals surface area contributed by atoms with E-state index in [0.717, 1.165) is 25.7 Å².